The Balaban J connectivity index is 1.27. The highest BCUT2D eigenvalue weighted by molar-refractivity contribution is 7.19. The molecule has 1 fully saturated rings. The molecule has 0 unspecified atom stereocenters. The molecule has 3 aromatic heterocycles. The van der Waals surface area contributed by atoms with E-state index in [0.717, 1.165) is 27.0 Å². The molecule has 0 radical (unpaired) electrons. The van der Waals surface area contributed by atoms with E-state index in [-0.39, 0.29) is 18.4 Å². The van der Waals surface area contributed by atoms with Gasteiger partial charge in [-0.05, 0) is 42.0 Å². The number of rotatable bonds is 4. The number of amides is 2. The van der Waals surface area contributed by atoms with Gasteiger partial charge < -0.3 is 14.8 Å². The first-order valence-corrected chi connectivity index (χ1v) is 11.1. The molecule has 1 aromatic carbocycles. The highest BCUT2D eigenvalue weighted by Crippen LogP contribution is 2.31. The van der Waals surface area contributed by atoms with Gasteiger partial charge in [-0.3, -0.25) is 14.6 Å². The van der Waals surface area contributed by atoms with Crippen LogP contribution < -0.4 is 0 Å². The molecule has 1 aliphatic rings. The number of benzene rings is 1. The number of nitrogens with zero attached hydrogens (tertiary/aromatic N) is 3. The summed E-state index contributed by atoms with van der Waals surface area (Å²) in [6, 6.07) is 15.2. The minimum absolute atomic E-state index is 0.0578. The Morgan fingerprint density at radius 3 is 2.84 bits per heavy atom. The lowest BCUT2D eigenvalue weighted by Gasteiger charge is -2.34. The molecule has 5 rings (SSSR count). The number of hydrogen-bond donors (Lipinski definition) is 1. The molecule has 8 heteroatoms. The number of carbonyl (C=O) groups excluding carboxylic acids is 2. The van der Waals surface area contributed by atoms with Crippen molar-refractivity contribution in [3.63, 3.8) is 0 Å². The van der Waals surface area contributed by atoms with Crippen molar-refractivity contribution in [1.82, 2.24) is 19.8 Å². The van der Waals surface area contributed by atoms with Crippen molar-refractivity contribution >= 4 is 45.7 Å². The molecule has 6 nitrogen and oxygen atoms in total. The van der Waals surface area contributed by atoms with Gasteiger partial charge in [-0.1, -0.05) is 23.7 Å². The fourth-order valence-electron chi connectivity index (χ4n) is 3.83. The molecule has 156 valence electrons. The van der Waals surface area contributed by atoms with Gasteiger partial charge >= 0.3 is 0 Å². The summed E-state index contributed by atoms with van der Waals surface area (Å²) in [5.41, 5.74) is 3.48. The number of hydrogen-bond acceptors (Lipinski definition) is 4. The van der Waals surface area contributed by atoms with E-state index in [9.17, 15) is 9.59 Å². The molecule has 4 aromatic rings. The quantitative estimate of drug-likeness (QED) is 0.500. The number of fused-ring (bicyclic) bond motifs is 1. The molecule has 4 heterocycles. The number of pyridine rings is 1. The monoisotopic (exact) mass is 450 g/mol. The second kappa shape index (κ2) is 8.17. The van der Waals surface area contributed by atoms with E-state index in [1.54, 1.807) is 28.3 Å². The summed E-state index contributed by atoms with van der Waals surface area (Å²) < 4.78 is 0.708. The average molecular weight is 451 g/mol. The van der Waals surface area contributed by atoms with Crippen LogP contribution in [0.15, 0.2) is 60.9 Å². The fraction of sp³-hybridized carbons (Fsp3) is 0.174. The molecule has 0 aliphatic carbocycles. The van der Waals surface area contributed by atoms with Crippen molar-refractivity contribution in [2.75, 3.05) is 19.6 Å². The van der Waals surface area contributed by atoms with Gasteiger partial charge in [0, 0.05) is 52.5 Å². The summed E-state index contributed by atoms with van der Waals surface area (Å²) >= 11 is 7.51. The lowest BCUT2D eigenvalue weighted by atomic mass is 10.1. The third-order valence-corrected chi connectivity index (χ3v) is 6.69. The van der Waals surface area contributed by atoms with Crippen LogP contribution in [0, 0.1) is 0 Å². The van der Waals surface area contributed by atoms with Gasteiger partial charge in [0.1, 0.15) is 6.54 Å². The molecule has 2 amide bonds. The predicted octanol–water partition coefficient (Wildman–Crippen LogP) is 4.43. The SMILES string of the molecule is O=C1CN(C(=O)c2cccc(-c3ccc(Cl)s3)c2)CCN1Cc1cc2cnccc2[nH]1. The molecule has 1 saturated heterocycles. The second-order valence-electron chi connectivity index (χ2n) is 7.48. The predicted molar refractivity (Wildman–Crippen MR) is 122 cm³/mol. The molecule has 1 N–H and O–H groups in total. The first-order chi connectivity index (χ1) is 15.1. The molecular formula is C23H19ClN4O2S. The van der Waals surface area contributed by atoms with Gasteiger partial charge in [-0.15, -0.1) is 11.3 Å². The van der Waals surface area contributed by atoms with Crippen LogP contribution in [0.1, 0.15) is 16.1 Å². The van der Waals surface area contributed by atoms with Gasteiger partial charge in [0.05, 0.1) is 10.9 Å². The van der Waals surface area contributed by atoms with Crippen molar-refractivity contribution in [3.8, 4) is 10.4 Å². The van der Waals surface area contributed by atoms with Crippen molar-refractivity contribution in [2.24, 2.45) is 0 Å². The summed E-state index contributed by atoms with van der Waals surface area (Å²) in [5, 5.41) is 1.02. The van der Waals surface area contributed by atoms with Crippen molar-refractivity contribution in [3.05, 3.63) is 76.5 Å². The smallest absolute Gasteiger partial charge is 0.254 e. The average Bonchev–Trinajstić information content (AvgIpc) is 3.40. The van der Waals surface area contributed by atoms with Crippen LogP contribution in [-0.4, -0.2) is 51.2 Å². The third kappa shape index (κ3) is 4.06. The zero-order chi connectivity index (χ0) is 21.4. The number of H-pyrrole nitrogens is 1. The van der Waals surface area contributed by atoms with E-state index in [0.29, 0.717) is 29.5 Å². The molecule has 1 aliphatic heterocycles. The lowest BCUT2D eigenvalue weighted by Crippen LogP contribution is -2.51. The first kappa shape index (κ1) is 19.8. The summed E-state index contributed by atoms with van der Waals surface area (Å²) in [6.45, 7) is 1.57. The highest BCUT2D eigenvalue weighted by Gasteiger charge is 2.28. The lowest BCUT2D eigenvalue weighted by molar-refractivity contribution is -0.135. The largest absolute Gasteiger partial charge is 0.357 e. The maximum Gasteiger partial charge on any atom is 0.254 e. The third-order valence-electron chi connectivity index (χ3n) is 5.41. The second-order valence-corrected chi connectivity index (χ2v) is 9.20. The topological polar surface area (TPSA) is 69.3 Å². The number of piperazine rings is 1. The van der Waals surface area contributed by atoms with Gasteiger partial charge in [-0.2, -0.15) is 0 Å². The zero-order valence-electron chi connectivity index (χ0n) is 16.5. The Morgan fingerprint density at radius 2 is 2.06 bits per heavy atom. The van der Waals surface area contributed by atoms with Crippen LogP contribution >= 0.6 is 22.9 Å². The van der Waals surface area contributed by atoms with E-state index in [1.807, 2.05) is 42.5 Å². The van der Waals surface area contributed by atoms with Crippen molar-refractivity contribution in [1.29, 1.82) is 0 Å². The standard InChI is InChI=1S/C23H19ClN4O2S/c24-21-5-4-20(31-21)15-2-1-3-16(10-15)23(30)28-9-8-27(22(29)14-28)13-18-11-17-12-25-7-6-19(17)26-18/h1-7,10-12,26H,8-9,13-14H2. The van der Waals surface area contributed by atoms with Crippen molar-refractivity contribution in [2.45, 2.75) is 6.54 Å². The van der Waals surface area contributed by atoms with Crippen LogP contribution in [0.2, 0.25) is 4.34 Å². The summed E-state index contributed by atoms with van der Waals surface area (Å²) in [7, 11) is 0. The summed E-state index contributed by atoms with van der Waals surface area (Å²) in [4.78, 5) is 37.6. The maximum absolute atomic E-state index is 13.0. The fourth-order valence-corrected chi connectivity index (χ4v) is 4.87. The van der Waals surface area contributed by atoms with E-state index < -0.39 is 0 Å². The van der Waals surface area contributed by atoms with Gasteiger partial charge in [-0.25, -0.2) is 0 Å². The molecule has 31 heavy (non-hydrogen) atoms. The Morgan fingerprint density at radius 1 is 1.16 bits per heavy atom. The molecule has 0 atom stereocenters. The van der Waals surface area contributed by atoms with Crippen LogP contribution in [0.3, 0.4) is 0 Å². The number of nitrogens with one attached hydrogen (secondary N) is 1. The van der Waals surface area contributed by atoms with E-state index in [1.165, 1.54) is 11.3 Å². The van der Waals surface area contributed by atoms with Crippen LogP contribution in [0.4, 0.5) is 0 Å². The number of halogens is 1. The Hall–Kier alpha value is -3.16. The van der Waals surface area contributed by atoms with E-state index in [2.05, 4.69) is 9.97 Å². The highest BCUT2D eigenvalue weighted by atomic mass is 35.5. The van der Waals surface area contributed by atoms with Crippen LogP contribution in [0.25, 0.3) is 21.3 Å². The molecule has 0 spiro atoms. The number of carbonyl (C=O) groups is 2. The van der Waals surface area contributed by atoms with Gasteiger partial charge in [0.15, 0.2) is 0 Å². The Bertz CT molecular complexity index is 1250. The molecule has 0 bridgehead atoms. The van der Waals surface area contributed by atoms with Gasteiger partial charge in [0.25, 0.3) is 5.91 Å². The summed E-state index contributed by atoms with van der Waals surface area (Å²) in [6.07, 6.45) is 3.53. The Labute approximate surface area is 188 Å². The number of thiophene rings is 1. The maximum atomic E-state index is 13.0. The summed E-state index contributed by atoms with van der Waals surface area (Å²) in [5.74, 6) is -0.188. The van der Waals surface area contributed by atoms with E-state index >= 15 is 0 Å². The minimum atomic E-state index is -0.130. The van der Waals surface area contributed by atoms with Gasteiger partial charge in [0.2, 0.25) is 5.91 Å². The normalized spacial score (nSPS) is 14.4. The molecule has 0 saturated carbocycles. The number of aromatic amines is 1. The minimum Gasteiger partial charge on any atom is -0.357 e. The van der Waals surface area contributed by atoms with Crippen LogP contribution in [0.5, 0.6) is 0 Å². The molecular weight excluding hydrogens is 432 g/mol. The first-order valence-electron chi connectivity index (χ1n) is 9.91. The van der Waals surface area contributed by atoms with E-state index in [4.69, 9.17) is 11.6 Å². The Kier molecular flexibility index (Phi) is 5.21. The zero-order valence-corrected chi connectivity index (χ0v) is 18.1. The van der Waals surface area contributed by atoms with Crippen molar-refractivity contribution < 1.29 is 9.59 Å². The number of aromatic nitrogens is 2. The van der Waals surface area contributed by atoms with Crippen LogP contribution in [-0.2, 0) is 11.3 Å².